The Morgan fingerprint density at radius 1 is 0.818 bits per heavy atom. The summed E-state index contributed by atoms with van der Waals surface area (Å²) in [5.41, 5.74) is 3.62. The lowest BCUT2D eigenvalue weighted by molar-refractivity contribution is -0.139. The molecule has 0 radical (unpaired) electrons. The van der Waals surface area contributed by atoms with Crippen LogP contribution in [0, 0.1) is 6.92 Å². The van der Waals surface area contributed by atoms with Crippen LogP contribution in [-0.4, -0.2) is 18.1 Å². The van der Waals surface area contributed by atoms with Gasteiger partial charge in [0.15, 0.2) is 0 Å². The van der Waals surface area contributed by atoms with Crippen molar-refractivity contribution in [3.05, 3.63) is 101 Å². The van der Waals surface area contributed by atoms with Gasteiger partial charge in [0.1, 0.15) is 36.2 Å². The van der Waals surface area contributed by atoms with Crippen LogP contribution in [0.15, 0.2) is 83.3 Å². The van der Waals surface area contributed by atoms with Gasteiger partial charge in [0.05, 0.1) is 13.5 Å². The summed E-state index contributed by atoms with van der Waals surface area (Å²) in [5, 5.41) is 0. The van der Waals surface area contributed by atoms with Crippen molar-refractivity contribution in [3.8, 4) is 23.0 Å². The maximum absolute atomic E-state index is 11.3. The first-order chi connectivity index (χ1) is 16.1. The molecule has 0 unspecified atom stereocenters. The molecule has 33 heavy (non-hydrogen) atoms. The Labute approximate surface area is 192 Å². The summed E-state index contributed by atoms with van der Waals surface area (Å²) >= 11 is 0. The summed E-state index contributed by atoms with van der Waals surface area (Å²) in [5.74, 6) is 2.56. The van der Waals surface area contributed by atoms with Crippen molar-refractivity contribution in [2.75, 3.05) is 7.11 Å². The zero-order valence-electron chi connectivity index (χ0n) is 18.6. The van der Waals surface area contributed by atoms with Crippen LogP contribution in [0.25, 0.3) is 11.5 Å². The minimum absolute atomic E-state index is 0.250. The lowest BCUT2D eigenvalue weighted by atomic mass is 10.1. The van der Waals surface area contributed by atoms with Crippen LogP contribution in [0.1, 0.15) is 22.6 Å². The van der Waals surface area contributed by atoms with E-state index in [1.807, 2.05) is 85.8 Å². The monoisotopic (exact) mass is 443 g/mol. The Kier molecular flexibility index (Phi) is 7.05. The van der Waals surface area contributed by atoms with Gasteiger partial charge in [-0.1, -0.05) is 42.5 Å². The van der Waals surface area contributed by atoms with E-state index in [1.165, 1.54) is 7.11 Å². The zero-order valence-corrected chi connectivity index (χ0v) is 18.6. The molecule has 6 heteroatoms. The van der Waals surface area contributed by atoms with Gasteiger partial charge in [-0.15, -0.1) is 0 Å². The molecule has 0 fully saturated rings. The van der Waals surface area contributed by atoms with Crippen LogP contribution >= 0.6 is 0 Å². The van der Waals surface area contributed by atoms with E-state index < -0.39 is 0 Å². The SMILES string of the molecule is COC(=O)Cc1ccc(OCc2ccc(OCc3nc(-c4ccccc4)oc3C)cc2)cc1. The molecule has 168 valence electrons. The van der Waals surface area contributed by atoms with Gasteiger partial charge in [-0.05, 0) is 54.4 Å². The summed E-state index contributed by atoms with van der Waals surface area (Å²) < 4.78 is 22.2. The fourth-order valence-corrected chi connectivity index (χ4v) is 3.21. The average Bonchev–Trinajstić information content (AvgIpc) is 3.24. The lowest BCUT2D eigenvalue weighted by Gasteiger charge is -2.09. The Morgan fingerprint density at radius 3 is 2.06 bits per heavy atom. The number of hydrogen-bond donors (Lipinski definition) is 0. The number of ether oxygens (including phenoxy) is 3. The number of esters is 1. The highest BCUT2D eigenvalue weighted by Gasteiger charge is 2.12. The molecule has 0 N–H and O–H groups in total. The number of hydrogen-bond acceptors (Lipinski definition) is 6. The molecule has 0 aliphatic carbocycles. The fraction of sp³-hybridized carbons (Fsp3) is 0.185. The van der Waals surface area contributed by atoms with Crippen molar-refractivity contribution in [3.63, 3.8) is 0 Å². The summed E-state index contributed by atoms with van der Waals surface area (Å²) in [6.45, 7) is 2.65. The lowest BCUT2D eigenvalue weighted by Crippen LogP contribution is -2.04. The summed E-state index contributed by atoms with van der Waals surface area (Å²) in [7, 11) is 1.38. The normalized spacial score (nSPS) is 10.6. The molecule has 0 saturated carbocycles. The highest BCUT2D eigenvalue weighted by molar-refractivity contribution is 5.72. The Hall–Kier alpha value is -4.06. The van der Waals surface area contributed by atoms with Gasteiger partial charge >= 0.3 is 5.97 Å². The first kappa shape index (κ1) is 22.1. The number of methoxy groups -OCH3 is 1. The number of nitrogens with zero attached hydrogens (tertiary/aromatic N) is 1. The molecular weight excluding hydrogens is 418 g/mol. The van der Waals surface area contributed by atoms with Crippen LogP contribution in [0.2, 0.25) is 0 Å². The van der Waals surface area contributed by atoms with Gasteiger partial charge < -0.3 is 18.6 Å². The third-order valence-corrected chi connectivity index (χ3v) is 5.12. The van der Waals surface area contributed by atoms with Crippen molar-refractivity contribution >= 4 is 5.97 Å². The predicted octanol–water partition coefficient (Wildman–Crippen LogP) is 5.52. The van der Waals surface area contributed by atoms with E-state index >= 15 is 0 Å². The van der Waals surface area contributed by atoms with Crippen LogP contribution in [-0.2, 0) is 29.2 Å². The molecule has 0 saturated heterocycles. The topological polar surface area (TPSA) is 70.8 Å². The second kappa shape index (κ2) is 10.5. The van der Waals surface area contributed by atoms with Crippen LogP contribution in [0.4, 0.5) is 0 Å². The Balaban J connectivity index is 1.28. The third-order valence-electron chi connectivity index (χ3n) is 5.12. The summed E-state index contributed by atoms with van der Waals surface area (Å²) in [4.78, 5) is 15.9. The van der Waals surface area contributed by atoms with E-state index in [2.05, 4.69) is 9.72 Å². The molecule has 0 bridgehead atoms. The second-order valence-corrected chi connectivity index (χ2v) is 7.51. The molecular formula is C27H25NO5. The van der Waals surface area contributed by atoms with E-state index in [0.29, 0.717) is 19.1 Å². The van der Waals surface area contributed by atoms with Crippen LogP contribution < -0.4 is 9.47 Å². The minimum Gasteiger partial charge on any atom is -0.489 e. The van der Waals surface area contributed by atoms with E-state index in [0.717, 1.165) is 39.6 Å². The molecule has 4 rings (SSSR count). The van der Waals surface area contributed by atoms with Crippen molar-refractivity contribution in [2.45, 2.75) is 26.6 Å². The van der Waals surface area contributed by atoms with Gasteiger partial charge in [-0.2, -0.15) is 0 Å². The van der Waals surface area contributed by atoms with E-state index in [9.17, 15) is 4.79 Å². The molecule has 1 aromatic heterocycles. The maximum Gasteiger partial charge on any atom is 0.309 e. The van der Waals surface area contributed by atoms with E-state index in [4.69, 9.17) is 13.9 Å². The molecule has 4 aromatic rings. The molecule has 1 heterocycles. The summed E-state index contributed by atoms with van der Waals surface area (Å²) in [6.07, 6.45) is 0.250. The highest BCUT2D eigenvalue weighted by atomic mass is 16.5. The number of rotatable bonds is 9. The molecule has 0 aliphatic heterocycles. The summed E-state index contributed by atoms with van der Waals surface area (Å²) in [6, 6.07) is 25.0. The molecule has 0 aliphatic rings. The van der Waals surface area contributed by atoms with Crippen molar-refractivity contribution in [1.82, 2.24) is 4.98 Å². The maximum atomic E-state index is 11.3. The predicted molar refractivity (Wildman–Crippen MR) is 124 cm³/mol. The number of benzene rings is 3. The number of oxazole rings is 1. The smallest absolute Gasteiger partial charge is 0.309 e. The Morgan fingerprint density at radius 2 is 1.42 bits per heavy atom. The van der Waals surface area contributed by atoms with Crippen LogP contribution in [0.5, 0.6) is 11.5 Å². The number of aromatic nitrogens is 1. The zero-order chi connectivity index (χ0) is 23.0. The third kappa shape index (κ3) is 6.01. The molecule has 0 spiro atoms. The standard InChI is InChI=1S/C27H25NO5/c1-19-25(28-27(33-19)22-6-4-3-5-7-22)18-32-24-14-10-21(11-15-24)17-31-23-12-8-20(9-13-23)16-26(29)30-2/h3-15H,16-18H2,1-2H3. The van der Waals surface area contributed by atoms with Gasteiger partial charge in [0.2, 0.25) is 5.89 Å². The van der Waals surface area contributed by atoms with Crippen molar-refractivity contribution in [2.24, 2.45) is 0 Å². The van der Waals surface area contributed by atoms with Crippen molar-refractivity contribution in [1.29, 1.82) is 0 Å². The van der Waals surface area contributed by atoms with Crippen molar-refractivity contribution < 1.29 is 23.4 Å². The highest BCUT2D eigenvalue weighted by Crippen LogP contribution is 2.23. The van der Waals surface area contributed by atoms with Gasteiger partial charge in [0, 0.05) is 5.56 Å². The largest absolute Gasteiger partial charge is 0.489 e. The molecule has 0 atom stereocenters. The number of aryl methyl sites for hydroxylation is 1. The number of carbonyl (C=O) groups excluding carboxylic acids is 1. The Bertz CT molecular complexity index is 1180. The van der Waals surface area contributed by atoms with E-state index in [1.54, 1.807) is 0 Å². The van der Waals surface area contributed by atoms with Gasteiger partial charge in [-0.3, -0.25) is 4.79 Å². The second-order valence-electron chi connectivity index (χ2n) is 7.51. The van der Waals surface area contributed by atoms with Crippen LogP contribution in [0.3, 0.4) is 0 Å². The van der Waals surface area contributed by atoms with E-state index in [-0.39, 0.29) is 12.4 Å². The first-order valence-electron chi connectivity index (χ1n) is 10.6. The molecule has 0 amide bonds. The average molecular weight is 443 g/mol. The molecule has 6 nitrogen and oxygen atoms in total. The fourth-order valence-electron chi connectivity index (χ4n) is 3.21. The van der Waals surface area contributed by atoms with Gasteiger partial charge in [0.25, 0.3) is 0 Å². The minimum atomic E-state index is -0.263. The molecule has 3 aromatic carbocycles. The first-order valence-corrected chi connectivity index (χ1v) is 10.6. The number of carbonyl (C=O) groups is 1. The quantitative estimate of drug-likeness (QED) is 0.317. The van der Waals surface area contributed by atoms with Gasteiger partial charge in [-0.25, -0.2) is 4.98 Å².